The first kappa shape index (κ1) is 20.5. The van der Waals surface area contributed by atoms with Crippen molar-refractivity contribution >= 4 is 11.9 Å². The maximum absolute atomic E-state index is 12.9. The lowest BCUT2D eigenvalue weighted by molar-refractivity contribution is -0.159. The molecule has 2 saturated carbocycles. The maximum Gasteiger partial charge on any atom is 0.322 e. The molecule has 3 aliphatic carbocycles. The smallest absolute Gasteiger partial charge is 0.322 e. The first-order valence-electron chi connectivity index (χ1n) is 12.3. The standard InChI is InChI=1S/C27H29N3O4/c31-18-8-9-19-20(13-18)25-14-24(19)16-30(12-4-7-17-5-2-1-3-6-17)21(24)27(25,34)11-10-26(15-25)22(32)28-23(33)29-26/h1-3,5-6,8-9,13,21,31,34H,4,7,10-12,14-16H2,(H2,28,29,32,33)/t21?,24?,25?,26-,27+/m0/s1. The average molecular weight is 460 g/mol. The number of aromatic hydroxyl groups is 1. The first-order chi connectivity index (χ1) is 16.3. The molecule has 3 spiro atoms. The second kappa shape index (κ2) is 6.40. The highest BCUT2D eigenvalue weighted by molar-refractivity contribution is 6.07. The van der Waals surface area contributed by atoms with Gasteiger partial charge in [-0.15, -0.1) is 0 Å². The summed E-state index contributed by atoms with van der Waals surface area (Å²) in [4.78, 5) is 27.4. The van der Waals surface area contributed by atoms with Crippen molar-refractivity contribution in [2.45, 2.75) is 66.5 Å². The number of imide groups is 1. The lowest BCUT2D eigenvalue weighted by atomic mass is 9.52. The van der Waals surface area contributed by atoms with E-state index in [4.69, 9.17) is 0 Å². The molecule has 7 nitrogen and oxygen atoms in total. The molecule has 176 valence electrons. The Kier molecular flexibility index (Phi) is 3.85. The van der Waals surface area contributed by atoms with Crippen molar-refractivity contribution < 1.29 is 19.8 Å². The van der Waals surface area contributed by atoms with E-state index in [0.717, 1.165) is 37.9 Å². The number of phenolic OH excluding ortho intramolecular Hbond substituents is 1. The van der Waals surface area contributed by atoms with Crippen LogP contribution in [0.4, 0.5) is 4.79 Å². The largest absolute Gasteiger partial charge is 0.508 e. The van der Waals surface area contributed by atoms with Crippen LogP contribution in [0.3, 0.4) is 0 Å². The van der Waals surface area contributed by atoms with E-state index in [9.17, 15) is 19.8 Å². The number of hydrogen-bond acceptors (Lipinski definition) is 5. The molecule has 2 saturated heterocycles. The molecule has 4 fully saturated rings. The second-order valence-corrected chi connectivity index (χ2v) is 11.2. The van der Waals surface area contributed by atoms with Crippen molar-refractivity contribution in [1.29, 1.82) is 0 Å². The van der Waals surface area contributed by atoms with E-state index in [-0.39, 0.29) is 23.1 Å². The number of phenols is 1. The highest BCUT2D eigenvalue weighted by Gasteiger charge is 2.82. The highest BCUT2D eigenvalue weighted by Crippen LogP contribution is 2.74. The fourth-order valence-corrected chi connectivity index (χ4v) is 8.52. The van der Waals surface area contributed by atoms with E-state index in [0.29, 0.717) is 19.3 Å². The van der Waals surface area contributed by atoms with Crippen LogP contribution in [0.5, 0.6) is 5.75 Å². The molecule has 2 heterocycles. The van der Waals surface area contributed by atoms with Crippen LogP contribution in [0.25, 0.3) is 0 Å². The van der Waals surface area contributed by atoms with Gasteiger partial charge in [-0.05, 0) is 73.9 Å². The number of nitrogens with one attached hydrogen (secondary N) is 2. The molecule has 7 heteroatoms. The summed E-state index contributed by atoms with van der Waals surface area (Å²) < 4.78 is 0. The minimum Gasteiger partial charge on any atom is -0.508 e. The van der Waals surface area contributed by atoms with Gasteiger partial charge in [0.1, 0.15) is 11.3 Å². The van der Waals surface area contributed by atoms with Crippen LogP contribution in [-0.2, 0) is 22.0 Å². The van der Waals surface area contributed by atoms with Gasteiger partial charge in [0.25, 0.3) is 5.91 Å². The number of benzene rings is 2. The molecule has 7 rings (SSSR count). The lowest BCUT2D eigenvalue weighted by Crippen LogP contribution is -2.76. The summed E-state index contributed by atoms with van der Waals surface area (Å²) in [5, 5.41) is 28.1. The molecule has 0 radical (unpaired) electrons. The Morgan fingerprint density at radius 2 is 1.85 bits per heavy atom. The molecule has 2 aliphatic heterocycles. The summed E-state index contributed by atoms with van der Waals surface area (Å²) in [6, 6.07) is 15.6. The summed E-state index contributed by atoms with van der Waals surface area (Å²) in [7, 11) is 0. The van der Waals surface area contributed by atoms with Gasteiger partial charge in [0.15, 0.2) is 0 Å². The monoisotopic (exact) mass is 459 g/mol. The van der Waals surface area contributed by atoms with Crippen molar-refractivity contribution in [3.63, 3.8) is 0 Å². The van der Waals surface area contributed by atoms with Crippen molar-refractivity contribution in [3.8, 4) is 5.75 Å². The topological polar surface area (TPSA) is 102 Å². The van der Waals surface area contributed by atoms with Crippen molar-refractivity contribution in [3.05, 3.63) is 65.2 Å². The van der Waals surface area contributed by atoms with Crippen LogP contribution in [-0.4, -0.2) is 57.3 Å². The number of urea groups is 1. The number of nitrogens with zero attached hydrogens (tertiary/aromatic N) is 1. The van der Waals surface area contributed by atoms with Crippen LogP contribution in [0, 0.1) is 0 Å². The van der Waals surface area contributed by atoms with Gasteiger partial charge in [0.2, 0.25) is 0 Å². The molecular formula is C27H29N3O4. The normalized spacial score (nSPS) is 39.3. The zero-order valence-electron chi connectivity index (χ0n) is 19.0. The number of fused-ring (bicyclic) bond motifs is 2. The first-order valence-corrected chi connectivity index (χ1v) is 12.3. The van der Waals surface area contributed by atoms with E-state index >= 15 is 0 Å². The molecule has 3 unspecified atom stereocenters. The zero-order valence-corrected chi connectivity index (χ0v) is 19.0. The Labute approximate surface area is 198 Å². The van der Waals surface area contributed by atoms with Gasteiger partial charge in [0.05, 0.1) is 11.6 Å². The Morgan fingerprint density at radius 1 is 1.03 bits per heavy atom. The predicted octanol–water partition coefficient (Wildman–Crippen LogP) is 2.10. The third-order valence-corrected chi connectivity index (χ3v) is 9.63. The van der Waals surface area contributed by atoms with E-state index < -0.39 is 22.6 Å². The Hall–Kier alpha value is -2.90. The number of amides is 3. The van der Waals surface area contributed by atoms with Crippen molar-refractivity contribution in [1.82, 2.24) is 15.5 Å². The molecule has 34 heavy (non-hydrogen) atoms. The number of hydrogen-bond donors (Lipinski definition) is 4. The van der Waals surface area contributed by atoms with Crippen LogP contribution < -0.4 is 10.6 Å². The highest BCUT2D eigenvalue weighted by atomic mass is 16.3. The number of carbonyl (C=O) groups excluding carboxylic acids is 2. The molecule has 5 atom stereocenters. The molecule has 2 aromatic rings. The molecule has 5 aliphatic rings. The quantitative estimate of drug-likeness (QED) is 0.525. The minimum atomic E-state index is -1.00. The van der Waals surface area contributed by atoms with E-state index in [1.54, 1.807) is 12.1 Å². The number of carbonyl (C=O) groups is 2. The van der Waals surface area contributed by atoms with Crippen LogP contribution >= 0.6 is 0 Å². The van der Waals surface area contributed by atoms with Gasteiger partial charge >= 0.3 is 6.03 Å². The molecule has 4 N–H and O–H groups in total. The number of likely N-dealkylation sites (tertiary alicyclic amines) is 1. The van der Waals surface area contributed by atoms with Gasteiger partial charge in [-0.3, -0.25) is 15.0 Å². The fraction of sp³-hybridized carbons (Fsp3) is 0.481. The molecule has 2 bridgehead atoms. The van der Waals surface area contributed by atoms with Crippen LogP contribution in [0.1, 0.15) is 48.8 Å². The summed E-state index contributed by atoms with van der Waals surface area (Å²) >= 11 is 0. The third kappa shape index (κ3) is 2.29. The van der Waals surface area contributed by atoms with E-state index in [1.807, 2.05) is 12.1 Å². The number of rotatable bonds is 4. The third-order valence-electron chi connectivity index (χ3n) is 9.63. The minimum absolute atomic E-state index is 0.00895. The SMILES string of the molecule is O=C1NC(=O)[C@@]2(CC[C@@]3(O)C4N(CCCc5ccccc5)CC45CC3(C2)c2cc(O)ccc25)N1. The molecular weight excluding hydrogens is 430 g/mol. The maximum atomic E-state index is 12.9. The Bertz CT molecular complexity index is 1230. The Balaban J connectivity index is 1.25. The Morgan fingerprint density at radius 3 is 2.62 bits per heavy atom. The zero-order chi connectivity index (χ0) is 23.3. The van der Waals surface area contributed by atoms with Gasteiger partial charge in [-0.1, -0.05) is 36.4 Å². The van der Waals surface area contributed by atoms with Crippen LogP contribution in [0.2, 0.25) is 0 Å². The fourth-order valence-electron chi connectivity index (χ4n) is 8.52. The van der Waals surface area contributed by atoms with Gasteiger partial charge in [-0.25, -0.2) is 4.79 Å². The van der Waals surface area contributed by atoms with Gasteiger partial charge in [0, 0.05) is 17.4 Å². The number of aliphatic hydroxyl groups is 1. The summed E-state index contributed by atoms with van der Waals surface area (Å²) in [5.74, 6) is -0.120. The molecule has 3 amide bonds. The number of aryl methyl sites for hydroxylation is 1. The summed E-state index contributed by atoms with van der Waals surface area (Å²) in [6.45, 7) is 1.79. The van der Waals surface area contributed by atoms with Crippen molar-refractivity contribution in [2.24, 2.45) is 0 Å². The second-order valence-electron chi connectivity index (χ2n) is 11.2. The van der Waals surface area contributed by atoms with E-state index in [2.05, 4.69) is 39.8 Å². The van der Waals surface area contributed by atoms with Crippen LogP contribution in [0.15, 0.2) is 48.5 Å². The predicted molar refractivity (Wildman–Crippen MR) is 124 cm³/mol. The average Bonchev–Trinajstić information content (AvgIpc) is 3.30. The lowest BCUT2D eigenvalue weighted by Gasteiger charge is -2.63. The summed E-state index contributed by atoms with van der Waals surface area (Å²) in [6.07, 6.45) is 3.99. The van der Waals surface area contributed by atoms with E-state index in [1.165, 1.54) is 11.1 Å². The summed E-state index contributed by atoms with van der Waals surface area (Å²) in [5.41, 5.74) is 0.632. The molecule has 0 aromatic heterocycles. The van der Waals surface area contributed by atoms with Crippen molar-refractivity contribution in [2.75, 3.05) is 13.1 Å². The molecule has 2 aromatic carbocycles. The van der Waals surface area contributed by atoms with Gasteiger partial charge < -0.3 is 15.5 Å². The van der Waals surface area contributed by atoms with Gasteiger partial charge in [-0.2, -0.15) is 0 Å².